The van der Waals surface area contributed by atoms with Crippen LogP contribution in [-0.2, 0) is 20.2 Å². The fourth-order valence-electron chi connectivity index (χ4n) is 3.05. The summed E-state index contributed by atoms with van der Waals surface area (Å²) in [7, 11) is -9.42. The molecule has 2 heterocycles. The predicted octanol–water partition coefficient (Wildman–Crippen LogP) is -3.92. The molecule has 4 aromatic rings. The van der Waals surface area contributed by atoms with Gasteiger partial charge in [0.2, 0.25) is 5.82 Å². The first-order valence-corrected chi connectivity index (χ1v) is 11.7. The fraction of sp³-hybridized carbons (Fsp3) is 0. The third-order valence-corrected chi connectivity index (χ3v) is 6.24. The van der Waals surface area contributed by atoms with Crippen LogP contribution in [0.5, 0.6) is 0 Å². The van der Waals surface area contributed by atoms with Crippen molar-refractivity contribution in [3.8, 4) is 33.9 Å². The predicted molar refractivity (Wildman–Crippen MR) is 110 cm³/mol. The van der Waals surface area contributed by atoms with Gasteiger partial charge in [0.05, 0.1) is 21.7 Å². The first-order chi connectivity index (χ1) is 15.1. The summed E-state index contributed by atoms with van der Waals surface area (Å²) in [5.41, 5.74) is 1.02. The van der Waals surface area contributed by atoms with Crippen LogP contribution in [0.4, 0.5) is 0 Å². The van der Waals surface area contributed by atoms with Crippen molar-refractivity contribution in [1.29, 1.82) is 0 Å². The molecule has 2 aromatic heterocycles. The molecule has 10 nitrogen and oxygen atoms in total. The second-order valence-corrected chi connectivity index (χ2v) is 9.19. The van der Waals surface area contributed by atoms with Crippen LogP contribution in [0, 0.1) is 0 Å². The Bertz CT molecular complexity index is 1530. The van der Waals surface area contributed by atoms with Crippen LogP contribution < -0.4 is 59.1 Å². The molecular weight excluding hydrogens is 502 g/mol. The zero-order chi connectivity index (χ0) is 22.9. The summed E-state index contributed by atoms with van der Waals surface area (Å²) < 4.78 is 69.2. The number of hydrogen-bond donors (Lipinski definition) is 0. The summed E-state index contributed by atoms with van der Waals surface area (Å²) >= 11 is 0. The van der Waals surface area contributed by atoms with Gasteiger partial charge < -0.3 is 9.11 Å². The van der Waals surface area contributed by atoms with Gasteiger partial charge in [-0.3, -0.25) is 4.98 Å². The molecule has 0 atom stereocenters. The van der Waals surface area contributed by atoms with Crippen molar-refractivity contribution in [1.82, 2.24) is 20.2 Å². The van der Waals surface area contributed by atoms with Crippen LogP contribution in [0.2, 0.25) is 0 Å². The Balaban J connectivity index is 0.00000204. The average Bonchev–Trinajstić information content (AvgIpc) is 2.78. The first kappa shape index (κ1) is 28.7. The molecule has 0 aliphatic rings. The number of aromatic nitrogens is 4. The molecule has 4 rings (SSSR count). The van der Waals surface area contributed by atoms with E-state index in [0.717, 1.165) is 0 Å². The Labute approximate surface area is 240 Å². The van der Waals surface area contributed by atoms with Crippen LogP contribution in [-0.4, -0.2) is 46.1 Å². The maximum atomic E-state index is 11.6. The fourth-order valence-corrected chi connectivity index (χ4v) is 4.43. The van der Waals surface area contributed by atoms with Crippen molar-refractivity contribution in [3.63, 3.8) is 0 Å². The van der Waals surface area contributed by atoms with Gasteiger partial charge in [-0.1, -0.05) is 42.5 Å². The molecule has 0 saturated heterocycles. The number of rotatable bonds is 5. The SMILES string of the molecule is O=S(=O)([O-])c1ccccc1-c1ccc(-c2nncc(-c3ccccc3S(=O)(=O)[O-])n2)nc1.[Na+].[Na+]. The number of hydrogen-bond acceptors (Lipinski definition) is 10. The van der Waals surface area contributed by atoms with Gasteiger partial charge in [0.15, 0.2) is 0 Å². The van der Waals surface area contributed by atoms with Gasteiger partial charge in [0, 0.05) is 22.9 Å². The zero-order valence-corrected chi connectivity index (χ0v) is 23.6. The Hall–Kier alpha value is -1.58. The minimum absolute atomic E-state index is 0. The Morgan fingerprint density at radius 3 is 1.76 bits per heavy atom. The van der Waals surface area contributed by atoms with Gasteiger partial charge in [0.25, 0.3) is 0 Å². The summed E-state index contributed by atoms with van der Waals surface area (Å²) in [6.07, 6.45) is 2.57. The molecular formula is C20H12N4Na2O6S2. The normalized spacial score (nSPS) is 11.2. The summed E-state index contributed by atoms with van der Waals surface area (Å²) in [5.74, 6) is 0.0527. The quantitative estimate of drug-likeness (QED) is 0.190. The molecule has 0 unspecified atom stereocenters. The van der Waals surface area contributed by atoms with Crippen molar-refractivity contribution in [2.45, 2.75) is 9.79 Å². The maximum absolute atomic E-state index is 11.6. The van der Waals surface area contributed by atoms with Gasteiger partial charge in [-0.25, -0.2) is 21.8 Å². The van der Waals surface area contributed by atoms with E-state index < -0.39 is 25.1 Å². The molecule has 0 saturated carbocycles. The second kappa shape index (κ2) is 11.4. The molecule has 0 fully saturated rings. The van der Waals surface area contributed by atoms with Crippen LogP contribution in [0.3, 0.4) is 0 Å². The zero-order valence-electron chi connectivity index (χ0n) is 18.0. The molecule has 162 valence electrons. The molecule has 14 heteroatoms. The molecule has 0 amide bonds. The minimum atomic E-state index is -4.74. The molecule has 0 bridgehead atoms. The first-order valence-electron chi connectivity index (χ1n) is 8.91. The van der Waals surface area contributed by atoms with Crippen molar-refractivity contribution < 1.29 is 85.1 Å². The van der Waals surface area contributed by atoms with Crippen molar-refractivity contribution >= 4 is 20.2 Å². The number of pyridine rings is 1. The largest absolute Gasteiger partial charge is 1.00 e. The van der Waals surface area contributed by atoms with E-state index in [1.807, 2.05) is 0 Å². The third kappa shape index (κ3) is 6.34. The average molecular weight is 514 g/mol. The van der Waals surface area contributed by atoms with Crippen LogP contribution >= 0.6 is 0 Å². The molecule has 0 aliphatic heterocycles. The van der Waals surface area contributed by atoms with Gasteiger partial charge in [-0.2, -0.15) is 5.10 Å². The van der Waals surface area contributed by atoms with Crippen molar-refractivity contribution in [3.05, 3.63) is 73.1 Å². The third-order valence-electron chi connectivity index (χ3n) is 4.45. The van der Waals surface area contributed by atoms with E-state index in [1.54, 1.807) is 18.2 Å². The smallest absolute Gasteiger partial charge is 0.744 e. The van der Waals surface area contributed by atoms with Crippen LogP contribution in [0.25, 0.3) is 33.9 Å². The van der Waals surface area contributed by atoms with E-state index in [0.29, 0.717) is 5.56 Å². The molecule has 0 radical (unpaired) electrons. The number of nitrogens with zero attached hydrogens (tertiary/aromatic N) is 4. The maximum Gasteiger partial charge on any atom is 1.00 e. The van der Waals surface area contributed by atoms with E-state index in [1.165, 1.54) is 54.9 Å². The van der Waals surface area contributed by atoms with Crippen LogP contribution in [0.1, 0.15) is 0 Å². The molecule has 34 heavy (non-hydrogen) atoms. The van der Waals surface area contributed by atoms with E-state index >= 15 is 0 Å². The summed E-state index contributed by atoms with van der Waals surface area (Å²) in [6.45, 7) is 0. The van der Waals surface area contributed by atoms with Crippen molar-refractivity contribution in [2.75, 3.05) is 0 Å². The monoisotopic (exact) mass is 514 g/mol. The Morgan fingerprint density at radius 1 is 0.647 bits per heavy atom. The minimum Gasteiger partial charge on any atom is -0.744 e. The van der Waals surface area contributed by atoms with E-state index in [-0.39, 0.29) is 92.3 Å². The Kier molecular flexibility index (Phi) is 9.64. The summed E-state index contributed by atoms with van der Waals surface area (Å²) in [5, 5.41) is 7.71. The van der Waals surface area contributed by atoms with Gasteiger partial charge >= 0.3 is 59.1 Å². The molecule has 0 aliphatic carbocycles. The van der Waals surface area contributed by atoms with E-state index in [4.69, 9.17) is 0 Å². The summed E-state index contributed by atoms with van der Waals surface area (Å²) in [6, 6.07) is 14.4. The van der Waals surface area contributed by atoms with E-state index in [2.05, 4.69) is 20.2 Å². The number of benzene rings is 2. The standard InChI is InChI=1S/C20H14N4O6S2.2Na/c25-31(26,27)18-7-3-1-5-14(18)13-9-10-16(21-11-13)20-23-17(12-22-24-20)15-6-2-4-8-19(15)32(28,29)30;;/h1-12H,(H,25,26,27)(H,28,29,30);;/q;2*+1/p-2. The molecule has 2 aromatic carbocycles. The molecule has 0 N–H and O–H groups in total. The van der Waals surface area contributed by atoms with Gasteiger partial charge in [-0.05, 0) is 18.2 Å². The van der Waals surface area contributed by atoms with Gasteiger partial charge in [0.1, 0.15) is 25.9 Å². The summed E-state index contributed by atoms with van der Waals surface area (Å²) in [4.78, 5) is 7.66. The second-order valence-electron chi connectivity index (χ2n) is 6.50. The van der Waals surface area contributed by atoms with Crippen molar-refractivity contribution in [2.24, 2.45) is 0 Å². The van der Waals surface area contributed by atoms with Gasteiger partial charge in [-0.15, -0.1) is 5.10 Å². The molecule has 0 spiro atoms. The topological polar surface area (TPSA) is 166 Å². The Morgan fingerprint density at radius 2 is 1.21 bits per heavy atom. The van der Waals surface area contributed by atoms with E-state index in [9.17, 15) is 25.9 Å². The van der Waals surface area contributed by atoms with Crippen LogP contribution in [0.15, 0.2) is 82.8 Å².